The zero-order chi connectivity index (χ0) is 19.1. The Kier molecular flexibility index (Phi) is 6.72. The molecule has 0 aliphatic rings. The molecule has 2 rings (SSSR count). The average molecular weight is 359 g/mol. The Morgan fingerprint density at radius 3 is 2.19 bits per heavy atom. The third kappa shape index (κ3) is 5.58. The van der Waals surface area contributed by atoms with Gasteiger partial charge in [0.2, 0.25) is 0 Å². The number of amides is 1. The second-order valence-electron chi connectivity index (χ2n) is 6.18. The van der Waals surface area contributed by atoms with Gasteiger partial charge in [0.25, 0.3) is 5.91 Å². The maximum Gasteiger partial charge on any atom is 0.311 e. The maximum absolute atomic E-state index is 12.9. The van der Waals surface area contributed by atoms with E-state index in [0.717, 1.165) is 5.56 Å². The quantitative estimate of drug-likeness (QED) is 0.768. The van der Waals surface area contributed by atoms with Gasteiger partial charge in [0, 0.05) is 5.69 Å². The first-order valence-corrected chi connectivity index (χ1v) is 8.28. The van der Waals surface area contributed by atoms with Crippen molar-refractivity contribution < 1.29 is 23.5 Å². The number of hydrogen-bond donors (Lipinski definition) is 1. The predicted octanol–water partition coefficient (Wildman–Crippen LogP) is 3.58. The molecule has 1 N–H and O–H groups in total. The molecule has 1 atom stereocenters. The highest BCUT2D eigenvalue weighted by atomic mass is 19.1. The van der Waals surface area contributed by atoms with Gasteiger partial charge in [-0.15, -0.1) is 0 Å². The molecule has 0 fully saturated rings. The topological polar surface area (TPSA) is 64.6 Å². The van der Waals surface area contributed by atoms with Crippen molar-refractivity contribution in [2.24, 2.45) is 5.92 Å². The lowest BCUT2D eigenvalue weighted by atomic mass is 10.1. The number of benzene rings is 2. The van der Waals surface area contributed by atoms with Gasteiger partial charge < -0.3 is 14.8 Å². The molecule has 6 heteroatoms. The molecule has 2 aromatic rings. The Morgan fingerprint density at radius 1 is 1.04 bits per heavy atom. The van der Waals surface area contributed by atoms with Crippen LogP contribution in [-0.2, 0) is 20.7 Å². The van der Waals surface area contributed by atoms with E-state index < -0.39 is 23.8 Å². The van der Waals surface area contributed by atoms with Gasteiger partial charge >= 0.3 is 5.97 Å². The summed E-state index contributed by atoms with van der Waals surface area (Å²) < 4.78 is 23.4. The first-order chi connectivity index (χ1) is 12.4. The Labute approximate surface area is 152 Å². The van der Waals surface area contributed by atoms with Crippen molar-refractivity contribution in [3.05, 3.63) is 59.9 Å². The van der Waals surface area contributed by atoms with Crippen molar-refractivity contribution in [1.82, 2.24) is 0 Å². The van der Waals surface area contributed by atoms with Gasteiger partial charge in [-0.3, -0.25) is 9.59 Å². The molecule has 26 heavy (non-hydrogen) atoms. The Bertz CT molecular complexity index is 741. The summed E-state index contributed by atoms with van der Waals surface area (Å²) in [5, 5.41) is 2.64. The largest absolute Gasteiger partial charge is 0.497 e. The van der Waals surface area contributed by atoms with E-state index in [0.29, 0.717) is 11.4 Å². The molecular formula is C20H22FNO4. The molecule has 0 saturated heterocycles. The van der Waals surface area contributed by atoms with E-state index in [1.165, 1.54) is 24.3 Å². The van der Waals surface area contributed by atoms with Gasteiger partial charge in [-0.05, 0) is 47.9 Å². The molecule has 0 aromatic heterocycles. The normalized spacial score (nSPS) is 11.7. The monoisotopic (exact) mass is 359 g/mol. The van der Waals surface area contributed by atoms with Crippen molar-refractivity contribution in [1.29, 1.82) is 0 Å². The van der Waals surface area contributed by atoms with E-state index in [2.05, 4.69) is 5.32 Å². The maximum atomic E-state index is 12.9. The lowest BCUT2D eigenvalue weighted by Gasteiger charge is -2.21. The van der Waals surface area contributed by atoms with Gasteiger partial charge in [0.1, 0.15) is 11.6 Å². The fraction of sp³-hybridized carbons (Fsp3) is 0.300. The van der Waals surface area contributed by atoms with Gasteiger partial charge in [-0.25, -0.2) is 4.39 Å². The zero-order valence-corrected chi connectivity index (χ0v) is 15.0. The van der Waals surface area contributed by atoms with Crippen molar-refractivity contribution in [2.75, 3.05) is 12.4 Å². The summed E-state index contributed by atoms with van der Waals surface area (Å²) in [6.45, 7) is 3.57. The molecule has 0 heterocycles. The smallest absolute Gasteiger partial charge is 0.311 e. The number of rotatable bonds is 7. The molecule has 0 unspecified atom stereocenters. The first-order valence-electron chi connectivity index (χ1n) is 8.28. The predicted molar refractivity (Wildman–Crippen MR) is 96.4 cm³/mol. The van der Waals surface area contributed by atoms with Gasteiger partial charge in [0.05, 0.1) is 13.5 Å². The summed E-state index contributed by atoms with van der Waals surface area (Å²) >= 11 is 0. The number of nitrogens with one attached hydrogen (secondary N) is 1. The summed E-state index contributed by atoms with van der Waals surface area (Å²) in [7, 11) is 1.57. The van der Waals surface area contributed by atoms with E-state index in [9.17, 15) is 14.0 Å². The van der Waals surface area contributed by atoms with Crippen molar-refractivity contribution in [3.8, 4) is 5.75 Å². The number of methoxy groups -OCH3 is 1. The van der Waals surface area contributed by atoms with Crippen LogP contribution in [0.2, 0.25) is 0 Å². The van der Waals surface area contributed by atoms with E-state index in [4.69, 9.17) is 9.47 Å². The zero-order valence-electron chi connectivity index (χ0n) is 15.0. The second-order valence-corrected chi connectivity index (χ2v) is 6.18. The Balaban J connectivity index is 1.98. The third-order valence-electron chi connectivity index (χ3n) is 3.74. The number of halogens is 1. The lowest BCUT2D eigenvalue weighted by Crippen LogP contribution is -2.37. The Morgan fingerprint density at radius 2 is 1.65 bits per heavy atom. The summed E-state index contributed by atoms with van der Waals surface area (Å²) in [5.41, 5.74) is 1.20. The van der Waals surface area contributed by atoms with E-state index in [1.54, 1.807) is 45.2 Å². The van der Waals surface area contributed by atoms with Gasteiger partial charge in [-0.1, -0.05) is 26.0 Å². The molecule has 1 amide bonds. The highest BCUT2D eigenvalue weighted by molar-refractivity contribution is 5.95. The molecule has 0 bridgehead atoms. The molecule has 0 aliphatic carbocycles. The SMILES string of the molecule is COc1ccc(CC(=O)O[C@@H](C(=O)Nc2ccc(F)cc2)C(C)C)cc1. The third-order valence-corrected chi connectivity index (χ3v) is 3.74. The summed E-state index contributed by atoms with van der Waals surface area (Å²) in [5.74, 6) is -0.858. The van der Waals surface area contributed by atoms with Crippen LogP contribution in [0.15, 0.2) is 48.5 Å². The van der Waals surface area contributed by atoms with Crippen LogP contribution in [0.4, 0.5) is 10.1 Å². The number of carbonyl (C=O) groups is 2. The minimum Gasteiger partial charge on any atom is -0.497 e. The minimum atomic E-state index is -0.939. The van der Waals surface area contributed by atoms with Crippen LogP contribution in [-0.4, -0.2) is 25.1 Å². The summed E-state index contributed by atoms with van der Waals surface area (Å²) in [6, 6.07) is 12.4. The number of esters is 1. The van der Waals surface area contributed by atoms with Crippen molar-refractivity contribution in [3.63, 3.8) is 0 Å². The van der Waals surface area contributed by atoms with Crippen LogP contribution in [0.3, 0.4) is 0 Å². The number of carbonyl (C=O) groups excluding carboxylic acids is 2. The number of anilines is 1. The van der Waals surface area contributed by atoms with Gasteiger partial charge in [-0.2, -0.15) is 0 Å². The fourth-order valence-electron chi connectivity index (χ4n) is 2.33. The number of ether oxygens (including phenoxy) is 2. The van der Waals surface area contributed by atoms with Crippen LogP contribution in [0, 0.1) is 11.7 Å². The molecular weight excluding hydrogens is 337 g/mol. The van der Waals surface area contributed by atoms with E-state index in [-0.39, 0.29) is 12.3 Å². The van der Waals surface area contributed by atoms with Crippen molar-refractivity contribution in [2.45, 2.75) is 26.4 Å². The summed E-state index contributed by atoms with van der Waals surface area (Å²) in [6.07, 6.45) is -0.886. The molecule has 0 radical (unpaired) electrons. The molecule has 5 nitrogen and oxygen atoms in total. The molecule has 2 aromatic carbocycles. The number of hydrogen-bond acceptors (Lipinski definition) is 4. The highest BCUT2D eigenvalue weighted by Gasteiger charge is 2.26. The summed E-state index contributed by atoms with van der Waals surface area (Å²) in [4.78, 5) is 24.6. The fourth-order valence-corrected chi connectivity index (χ4v) is 2.33. The van der Waals surface area contributed by atoms with Gasteiger partial charge in [0.15, 0.2) is 6.10 Å². The Hall–Kier alpha value is -2.89. The minimum absolute atomic E-state index is 0.0526. The molecule has 0 spiro atoms. The van der Waals surface area contributed by atoms with E-state index in [1.807, 2.05) is 0 Å². The van der Waals surface area contributed by atoms with Crippen LogP contribution in [0.1, 0.15) is 19.4 Å². The average Bonchev–Trinajstić information content (AvgIpc) is 2.62. The van der Waals surface area contributed by atoms with Crippen LogP contribution < -0.4 is 10.1 Å². The van der Waals surface area contributed by atoms with Crippen LogP contribution >= 0.6 is 0 Å². The molecule has 0 aliphatic heterocycles. The highest BCUT2D eigenvalue weighted by Crippen LogP contribution is 2.16. The van der Waals surface area contributed by atoms with Crippen LogP contribution in [0.5, 0.6) is 5.75 Å². The second kappa shape index (κ2) is 8.99. The van der Waals surface area contributed by atoms with Crippen LogP contribution in [0.25, 0.3) is 0 Å². The van der Waals surface area contributed by atoms with Crippen molar-refractivity contribution >= 4 is 17.6 Å². The molecule has 0 saturated carbocycles. The molecule has 138 valence electrons. The lowest BCUT2D eigenvalue weighted by molar-refractivity contribution is -0.156. The van der Waals surface area contributed by atoms with E-state index >= 15 is 0 Å². The first kappa shape index (κ1) is 19.4. The standard InChI is InChI=1S/C20H22FNO4/c1-13(2)19(20(24)22-16-8-6-15(21)7-9-16)26-18(23)12-14-4-10-17(25-3)11-5-14/h4-11,13,19H,12H2,1-3H3,(H,22,24)/t19-/m1/s1.